The Hall–Kier alpha value is -0.540. The summed E-state index contributed by atoms with van der Waals surface area (Å²) in [4.78, 5) is 0. The van der Waals surface area contributed by atoms with Crippen LogP contribution in [0.15, 0.2) is 17.3 Å². The number of nitrogens with zero attached hydrogens (tertiary/aromatic N) is 3. The maximum absolute atomic E-state index is 12.3. The molecule has 0 aliphatic carbocycles. The average molecular weight is 332 g/mol. The van der Waals surface area contributed by atoms with E-state index >= 15 is 0 Å². The first-order valence-corrected chi connectivity index (χ1v) is 7.28. The van der Waals surface area contributed by atoms with Crippen LogP contribution in [0.1, 0.15) is 0 Å². The second-order valence-electron chi connectivity index (χ2n) is 3.24. The lowest BCUT2D eigenvalue weighted by molar-refractivity contribution is 0.121. The van der Waals surface area contributed by atoms with E-state index in [1.54, 1.807) is 0 Å². The van der Waals surface area contributed by atoms with Gasteiger partial charge in [-0.3, -0.25) is 4.68 Å². The molecule has 1 heterocycles. The fraction of sp³-hybridized carbons (Fsp3) is 0.625. The van der Waals surface area contributed by atoms with E-state index in [1.807, 2.05) is 0 Å². The van der Waals surface area contributed by atoms with Crippen molar-refractivity contribution < 1.29 is 17.2 Å². The van der Waals surface area contributed by atoms with Crippen molar-refractivity contribution in [2.75, 3.05) is 18.4 Å². The van der Waals surface area contributed by atoms with E-state index in [0.29, 0.717) is 0 Å². The van der Waals surface area contributed by atoms with Gasteiger partial charge in [0.05, 0.1) is 12.7 Å². The minimum absolute atomic E-state index is 0.0160. The highest BCUT2D eigenvalue weighted by molar-refractivity contribution is 9.09. The summed E-state index contributed by atoms with van der Waals surface area (Å²) >= 11 is 3.04. The first kappa shape index (κ1) is 14.5. The van der Waals surface area contributed by atoms with Crippen LogP contribution in [0.5, 0.6) is 0 Å². The Kier molecular flexibility index (Phi) is 5.02. The predicted octanol–water partition coefficient (Wildman–Crippen LogP) is 1.07. The van der Waals surface area contributed by atoms with Crippen molar-refractivity contribution in [2.45, 2.75) is 11.5 Å². The molecule has 0 fully saturated rings. The summed E-state index contributed by atoms with van der Waals surface area (Å²) in [7, 11) is -2.48. The van der Waals surface area contributed by atoms with E-state index < -0.39 is 23.0 Å². The second kappa shape index (κ2) is 5.87. The van der Waals surface area contributed by atoms with Crippen molar-refractivity contribution >= 4 is 26.0 Å². The number of halogens is 3. The zero-order chi connectivity index (χ0) is 13.1. The monoisotopic (exact) mass is 331 g/mol. The van der Waals surface area contributed by atoms with Gasteiger partial charge < -0.3 is 0 Å². The average Bonchev–Trinajstić information content (AvgIpc) is 2.63. The molecule has 1 aromatic rings. The first-order chi connectivity index (χ1) is 7.89. The Morgan fingerprint density at radius 2 is 2.24 bits per heavy atom. The fourth-order valence-corrected chi connectivity index (χ4v) is 3.49. The minimum atomic E-state index is -3.92. The first-order valence-electron chi connectivity index (χ1n) is 4.72. The smallest absolute Gasteiger partial charge is 0.256 e. The highest BCUT2D eigenvalue weighted by atomic mass is 79.9. The Balaban J connectivity index is 3.04. The summed E-state index contributed by atoms with van der Waals surface area (Å²) < 4.78 is 50.7. The molecule has 0 radical (unpaired) electrons. The van der Waals surface area contributed by atoms with Gasteiger partial charge in [-0.15, -0.1) is 0 Å². The highest BCUT2D eigenvalue weighted by Gasteiger charge is 2.28. The summed E-state index contributed by atoms with van der Waals surface area (Å²) in [5.41, 5.74) is 0. The van der Waals surface area contributed by atoms with Crippen LogP contribution in [0.3, 0.4) is 0 Å². The van der Waals surface area contributed by atoms with Gasteiger partial charge in [-0.2, -0.15) is 9.40 Å². The normalized spacial score (nSPS) is 12.6. The van der Waals surface area contributed by atoms with Gasteiger partial charge in [0.25, 0.3) is 16.4 Å². The highest BCUT2D eigenvalue weighted by Crippen LogP contribution is 2.15. The van der Waals surface area contributed by atoms with Gasteiger partial charge in [0.1, 0.15) is 0 Å². The van der Waals surface area contributed by atoms with E-state index in [0.717, 1.165) is 8.99 Å². The van der Waals surface area contributed by atoms with E-state index in [1.165, 1.54) is 19.3 Å². The standard InChI is InChI=1S/C8H12BrF2N3O2S/c1-13-8(2-4-12-13)17(15,16)14(5-3-9)6-7(10)11/h2,4,7H,3,5-6H2,1H3. The molecule has 0 unspecified atom stereocenters. The van der Waals surface area contributed by atoms with Gasteiger partial charge in [-0.25, -0.2) is 17.2 Å². The maximum Gasteiger partial charge on any atom is 0.260 e. The predicted molar refractivity (Wildman–Crippen MR) is 61.8 cm³/mol. The Morgan fingerprint density at radius 3 is 2.65 bits per heavy atom. The number of hydrogen-bond donors (Lipinski definition) is 0. The third-order valence-corrected chi connectivity index (χ3v) is 4.35. The molecule has 0 N–H and O–H groups in total. The quantitative estimate of drug-likeness (QED) is 0.733. The third kappa shape index (κ3) is 3.46. The molecule has 0 saturated carbocycles. The Bertz CT molecular complexity index is 463. The summed E-state index contributed by atoms with van der Waals surface area (Å²) in [6.07, 6.45) is -1.40. The summed E-state index contributed by atoms with van der Waals surface area (Å²) in [5.74, 6) is 0. The van der Waals surface area contributed by atoms with Crippen LogP contribution < -0.4 is 0 Å². The topological polar surface area (TPSA) is 55.2 Å². The number of alkyl halides is 3. The molecule has 5 nitrogen and oxygen atoms in total. The third-order valence-electron chi connectivity index (χ3n) is 2.06. The van der Waals surface area contributed by atoms with E-state index in [-0.39, 0.29) is 16.9 Å². The van der Waals surface area contributed by atoms with Crippen molar-refractivity contribution in [1.29, 1.82) is 0 Å². The van der Waals surface area contributed by atoms with Crippen molar-refractivity contribution in [3.05, 3.63) is 12.3 Å². The van der Waals surface area contributed by atoms with Crippen molar-refractivity contribution in [3.63, 3.8) is 0 Å². The van der Waals surface area contributed by atoms with E-state index in [2.05, 4.69) is 21.0 Å². The molecule has 0 aromatic carbocycles. The molecule has 0 aliphatic heterocycles. The second-order valence-corrected chi connectivity index (χ2v) is 5.91. The molecule has 0 aliphatic rings. The summed E-state index contributed by atoms with van der Waals surface area (Å²) in [6.45, 7) is -0.836. The van der Waals surface area contributed by atoms with Crippen LogP contribution >= 0.6 is 15.9 Å². The molecular weight excluding hydrogens is 320 g/mol. The van der Waals surface area contributed by atoms with Gasteiger partial charge in [0.15, 0.2) is 5.03 Å². The molecular formula is C8H12BrF2N3O2S. The molecule has 9 heteroatoms. The number of rotatable bonds is 6. The van der Waals surface area contributed by atoms with Gasteiger partial charge in [-0.1, -0.05) is 15.9 Å². The Labute approximate surface area is 107 Å². The molecule has 0 spiro atoms. The fourth-order valence-electron chi connectivity index (χ4n) is 1.30. The van der Waals surface area contributed by atoms with Crippen LogP contribution in [0.25, 0.3) is 0 Å². The van der Waals surface area contributed by atoms with Crippen LogP contribution in [0.4, 0.5) is 8.78 Å². The van der Waals surface area contributed by atoms with Crippen LogP contribution in [-0.4, -0.2) is 47.3 Å². The molecule has 1 rings (SSSR count). The number of aryl methyl sites for hydroxylation is 1. The zero-order valence-electron chi connectivity index (χ0n) is 9.05. The van der Waals surface area contributed by atoms with Gasteiger partial charge in [-0.05, 0) is 6.07 Å². The van der Waals surface area contributed by atoms with E-state index in [9.17, 15) is 17.2 Å². The number of hydrogen-bond acceptors (Lipinski definition) is 3. The lowest BCUT2D eigenvalue weighted by Crippen LogP contribution is -2.37. The van der Waals surface area contributed by atoms with Crippen molar-refractivity contribution in [2.24, 2.45) is 7.05 Å². The maximum atomic E-state index is 12.3. The van der Waals surface area contributed by atoms with Crippen LogP contribution in [-0.2, 0) is 17.1 Å². The zero-order valence-corrected chi connectivity index (χ0v) is 11.5. The molecule has 0 amide bonds. The van der Waals surface area contributed by atoms with Crippen LogP contribution in [0.2, 0.25) is 0 Å². The molecule has 98 valence electrons. The Morgan fingerprint density at radius 1 is 1.59 bits per heavy atom. The molecule has 0 saturated heterocycles. The van der Waals surface area contributed by atoms with E-state index in [4.69, 9.17) is 0 Å². The minimum Gasteiger partial charge on any atom is -0.256 e. The molecule has 17 heavy (non-hydrogen) atoms. The van der Waals surface area contributed by atoms with Gasteiger partial charge in [0.2, 0.25) is 0 Å². The number of aromatic nitrogens is 2. The summed E-state index contributed by atoms with van der Waals surface area (Å²) in [6, 6.07) is 1.28. The molecule has 0 atom stereocenters. The lowest BCUT2D eigenvalue weighted by atomic mass is 10.6. The van der Waals surface area contributed by atoms with Gasteiger partial charge >= 0.3 is 0 Å². The van der Waals surface area contributed by atoms with Crippen molar-refractivity contribution in [3.8, 4) is 0 Å². The molecule has 1 aromatic heterocycles. The number of sulfonamides is 1. The van der Waals surface area contributed by atoms with Crippen molar-refractivity contribution in [1.82, 2.24) is 14.1 Å². The summed E-state index contributed by atoms with van der Waals surface area (Å²) in [5, 5.41) is 3.91. The largest absolute Gasteiger partial charge is 0.260 e. The lowest BCUT2D eigenvalue weighted by Gasteiger charge is -2.20. The van der Waals surface area contributed by atoms with Crippen LogP contribution in [0, 0.1) is 0 Å². The van der Waals surface area contributed by atoms with Gasteiger partial charge in [0, 0.05) is 18.9 Å². The molecule has 0 bridgehead atoms. The SMILES string of the molecule is Cn1nccc1S(=O)(=O)N(CCBr)CC(F)F.